The molecule has 1 aromatic heterocycles. The summed E-state index contributed by atoms with van der Waals surface area (Å²) in [4.78, 5) is 4.54. The van der Waals surface area contributed by atoms with Gasteiger partial charge in [-0.25, -0.2) is 4.57 Å². The van der Waals surface area contributed by atoms with Gasteiger partial charge in [-0.1, -0.05) is 94.9 Å². The quantitative estimate of drug-likeness (QED) is 0.0348. The molecule has 0 spiro atoms. The lowest BCUT2D eigenvalue weighted by Gasteiger charge is -2.01. The molecule has 6 heteroatoms. The van der Waals surface area contributed by atoms with Crippen LogP contribution >= 0.6 is 21.6 Å². The van der Waals surface area contributed by atoms with Crippen molar-refractivity contribution in [2.24, 2.45) is 4.99 Å². The number of hydrogen-bond donors (Lipinski definition) is 2. The van der Waals surface area contributed by atoms with Gasteiger partial charge in [0, 0.05) is 42.0 Å². The first-order valence-corrected chi connectivity index (χ1v) is 17.1. The van der Waals surface area contributed by atoms with Crippen molar-refractivity contribution in [3.63, 3.8) is 0 Å². The maximum atomic E-state index is 5.89. The van der Waals surface area contributed by atoms with Crippen molar-refractivity contribution in [1.29, 1.82) is 0 Å². The Morgan fingerprint density at radius 2 is 1.25 bits per heavy atom. The average molecular weight is 614 g/mol. The molecule has 0 fully saturated rings. The van der Waals surface area contributed by atoms with Crippen molar-refractivity contribution in [1.82, 2.24) is 0 Å². The van der Waals surface area contributed by atoms with Gasteiger partial charge >= 0.3 is 0 Å². The van der Waals surface area contributed by atoms with E-state index in [1.165, 1.54) is 21.9 Å². The highest BCUT2D eigenvalue weighted by Gasteiger charge is 2.01. The fourth-order valence-corrected chi connectivity index (χ4v) is 6.50. The number of fused-ring (bicyclic) bond motifs is 2. The molecule has 0 aliphatic carbocycles. The Balaban J connectivity index is 0.989. The molecule has 4 N–H and O–H groups in total. The molecule has 220 valence electrons. The van der Waals surface area contributed by atoms with Crippen molar-refractivity contribution in [3.05, 3.63) is 144 Å². The maximum Gasteiger partial charge on any atom is 0.169 e. The summed E-state index contributed by atoms with van der Waals surface area (Å²) >= 11 is 0. The van der Waals surface area contributed by atoms with Crippen LogP contribution in [0.25, 0.3) is 39.8 Å². The largest absolute Gasteiger partial charge is 0.399 e. The fraction of sp³-hybridized carbons (Fsp3) is 0.105. The van der Waals surface area contributed by atoms with Crippen LogP contribution in [0.15, 0.2) is 133 Å². The molecule has 0 bridgehead atoms. The van der Waals surface area contributed by atoms with Gasteiger partial charge in [0.15, 0.2) is 18.9 Å². The Hall–Kier alpha value is -4.52. The first-order valence-electron chi connectivity index (χ1n) is 14.6. The molecule has 0 unspecified atom stereocenters. The van der Waals surface area contributed by atoms with E-state index in [0.29, 0.717) is 0 Å². The van der Waals surface area contributed by atoms with Crippen LogP contribution in [0.3, 0.4) is 0 Å². The molecule has 1 heterocycles. The van der Waals surface area contributed by atoms with Crippen LogP contribution in [-0.2, 0) is 6.54 Å². The number of rotatable bonds is 13. The number of benzene rings is 4. The highest BCUT2D eigenvalue weighted by molar-refractivity contribution is 8.76. The average Bonchev–Trinajstić information content (AvgIpc) is 3.04. The SMILES string of the molecule is C=CC(/C=C/c1ccc2cc(N)ccc2c1)=C\C=NCCSSCC[n+]1ccc(/C=C/c2ccc3cc(N)ccc3c2)cc1. The van der Waals surface area contributed by atoms with Gasteiger partial charge in [0.05, 0.1) is 5.75 Å². The minimum absolute atomic E-state index is 0.782. The number of pyridine rings is 1. The summed E-state index contributed by atoms with van der Waals surface area (Å²) in [6.45, 7) is 5.69. The Kier molecular flexibility index (Phi) is 11.1. The van der Waals surface area contributed by atoms with Crippen LogP contribution in [-0.4, -0.2) is 24.3 Å². The molecular weight excluding hydrogens is 577 g/mol. The number of aryl methyl sites for hydroxylation is 1. The fourth-order valence-electron chi connectivity index (χ4n) is 4.64. The van der Waals surface area contributed by atoms with Gasteiger partial charge in [0.2, 0.25) is 0 Å². The Bertz CT molecular complexity index is 1850. The zero-order valence-electron chi connectivity index (χ0n) is 24.7. The van der Waals surface area contributed by atoms with E-state index in [1.807, 2.05) is 64.2 Å². The predicted molar refractivity (Wildman–Crippen MR) is 198 cm³/mol. The van der Waals surface area contributed by atoms with E-state index < -0.39 is 0 Å². The van der Waals surface area contributed by atoms with Crippen LogP contribution in [0, 0.1) is 0 Å². The van der Waals surface area contributed by atoms with E-state index in [0.717, 1.165) is 57.9 Å². The lowest BCUT2D eigenvalue weighted by molar-refractivity contribution is -0.692. The van der Waals surface area contributed by atoms with E-state index in [-0.39, 0.29) is 0 Å². The monoisotopic (exact) mass is 613 g/mol. The maximum absolute atomic E-state index is 5.89. The second-order valence-electron chi connectivity index (χ2n) is 10.3. The molecule has 0 amide bonds. The number of hydrogen-bond acceptors (Lipinski definition) is 5. The number of aromatic nitrogens is 1. The standard InChI is InChI=1S/C38H36N4S2/c1-2-29(3-5-31-7-9-35-27-37(39)13-11-33(35)25-31)15-18-41-19-23-43-44-24-22-42-20-16-30(17-21-42)4-6-32-8-10-36-28-38(40)14-12-34(36)26-32/h2-18,20-21,25-28,40H,1,19,22-24H2,(H2,39,41)/p+1. The van der Waals surface area contributed by atoms with Crippen molar-refractivity contribution < 1.29 is 4.57 Å². The number of aliphatic imine (C=N–C) groups is 1. The topological polar surface area (TPSA) is 68.3 Å². The molecule has 5 aromatic rings. The number of nitrogens with zero attached hydrogens (tertiary/aromatic N) is 2. The molecule has 4 aromatic carbocycles. The Morgan fingerprint density at radius 3 is 1.91 bits per heavy atom. The molecule has 0 saturated heterocycles. The summed E-state index contributed by atoms with van der Waals surface area (Å²) in [6.07, 6.45) is 18.5. The van der Waals surface area contributed by atoms with E-state index in [9.17, 15) is 0 Å². The molecule has 0 aliphatic rings. The first-order chi connectivity index (χ1) is 21.6. The number of nitrogen functional groups attached to an aromatic ring is 2. The van der Waals surface area contributed by atoms with Crippen molar-refractivity contribution in [2.75, 3.05) is 29.5 Å². The third kappa shape index (κ3) is 9.24. The summed E-state index contributed by atoms with van der Waals surface area (Å²) in [6, 6.07) is 29.1. The van der Waals surface area contributed by atoms with E-state index >= 15 is 0 Å². The van der Waals surface area contributed by atoms with Crippen LogP contribution in [0.5, 0.6) is 0 Å². The zero-order chi connectivity index (χ0) is 30.6. The summed E-state index contributed by atoms with van der Waals surface area (Å²) in [7, 11) is 3.75. The number of allylic oxidation sites excluding steroid dienone is 4. The lowest BCUT2D eigenvalue weighted by Crippen LogP contribution is -2.33. The molecule has 0 saturated carbocycles. The predicted octanol–water partition coefficient (Wildman–Crippen LogP) is 8.89. The number of nitrogens with two attached hydrogens (primary N) is 2. The summed E-state index contributed by atoms with van der Waals surface area (Å²) in [5.74, 6) is 2.02. The van der Waals surface area contributed by atoms with E-state index in [1.54, 1.807) is 0 Å². The minimum Gasteiger partial charge on any atom is -0.399 e. The zero-order valence-corrected chi connectivity index (χ0v) is 26.3. The van der Waals surface area contributed by atoms with Gasteiger partial charge < -0.3 is 11.5 Å². The van der Waals surface area contributed by atoms with Crippen LogP contribution < -0.4 is 16.0 Å². The van der Waals surface area contributed by atoms with Crippen LogP contribution in [0.2, 0.25) is 0 Å². The lowest BCUT2D eigenvalue weighted by atomic mass is 10.1. The highest BCUT2D eigenvalue weighted by atomic mass is 33.1. The normalized spacial score (nSPS) is 12.3. The van der Waals surface area contributed by atoms with E-state index in [2.05, 4.69) is 113 Å². The molecule has 0 atom stereocenters. The third-order valence-corrected chi connectivity index (χ3v) is 9.42. The van der Waals surface area contributed by atoms with Gasteiger partial charge in [0.1, 0.15) is 0 Å². The van der Waals surface area contributed by atoms with Crippen molar-refractivity contribution >= 4 is 79.0 Å². The smallest absolute Gasteiger partial charge is 0.169 e. The van der Waals surface area contributed by atoms with Crippen LogP contribution in [0.1, 0.15) is 16.7 Å². The van der Waals surface area contributed by atoms with Crippen molar-refractivity contribution in [2.45, 2.75) is 6.54 Å². The summed E-state index contributed by atoms with van der Waals surface area (Å²) in [5.41, 5.74) is 17.9. The molecular formula is C38H37N4S2+. The van der Waals surface area contributed by atoms with Crippen molar-refractivity contribution in [3.8, 4) is 0 Å². The third-order valence-electron chi connectivity index (χ3n) is 7.06. The minimum atomic E-state index is 0.782. The Labute approximate surface area is 268 Å². The van der Waals surface area contributed by atoms with E-state index in [4.69, 9.17) is 11.5 Å². The Morgan fingerprint density at radius 1 is 0.682 bits per heavy atom. The second kappa shape index (κ2) is 15.8. The van der Waals surface area contributed by atoms with Gasteiger partial charge in [-0.05, 0) is 86.3 Å². The first kappa shape index (κ1) is 30.9. The summed E-state index contributed by atoms with van der Waals surface area (Å²) < 4.78 is 2.23. The van der Waals surface area contributed by atoms with Gasteiger partial charge in [-0.15, -0.1) is 0 Å². The van der Waals surface area contributed by atoms with Crippen LogP contribution in [0.4, 0.5) is 11.4 Å². The number of anilines is 2. The molecule has 4 nitrogen and oxygen atoms in total. The van der Waals surface area contributed by atoms with Gasteiger partial charge in [-0.2, -0.15) is 0 Å². The highest BCUT2D eigenvalue weighted by Crippen LogP contribution is 2.22. The molecule has 44 heavy (non-hydrogen) atoms. The second-order valence-corrected chi connectivity index (χ2v) is 13.0. The van der Waals surface area contributed by atoms with Gasteiger partial charge in [0.25, 0.3) is 0 Å². The van der Waals surface area contributed by atoms with Gasteiger partial charge in [-0.3, -0.25) is 4.99 Å². The summed E-state index contributed by atoms with van der Waals surface area (Å²) in [5, 5.41) is 4.68. The molecule has 5 rings (SSSR count). The molecule has 0 radical (unpaired) electrons. The molecule has 0 aliphatic heterocycles.